The fourth-order valence-corrected chi connectivity index (χ4v) is 5.09. The molecule has 3 saturated carbocycles. The van der Waals surface area contributed by atoms with Gasteiger partial charge in [0, 0.05) is 48.6 Å². The number of nitrogens with one attached hydrogen (secondary N) is 1. The lowest BCUT2D eigenvalue weighted by molar-refractivity contribution is -0.162. The summed E-state index contributed by atoms with van der Waals surface area (Å²) in [6.45, 7) is 1.76. The summed E-state index contributed by atoms with van der Waals surface area (Å²) in [4.78, 5) is 29.5. The minimum Gasteiger partial charge on any atom is -0.457 e. The van der Waals surface area contributed by atoms with Crippen molar-refractivity contribution in [1.29, 1.82) is 0 Å². The minimum atomic E-state index is -1.08. The van der Waals surface area contributed by atoms with Crippen molar-refractivity contribution in [2.75, 3.05) is 0 Å². The summed E-state index contributed by atoms with van der Waals surface area (Å²) < 4.78 is 20.8. The van der Waals surface area contributed by atoms with Crippen LogP contribution >= 0.6 is 11.6 Å². The van der Waals surface area contributed by atoms with E-state index in [9.17, 15) is 14.0 Å². The molecule has 2 aromatic heterocycles. The predicted molar refractivity (Wildman–Crippen MR) is 122 cm³/mol. The molecule has 3 aromatic rings. The van der Waals surface area contributed by atoms with Crippen molar-refractivity contribution in [3.05, 3.63) is 64.4 Å². The normalized spacial score (nSPS) is 23.4. The number of esters is 1. The van der Waals surface area contributed by atoms with Crippen molar-refractivity contribution >= 4 is 23.5 Å². The van der Waals surface area contributed by atoms with Crippen LogP contribution in [0.5, 0.6) is 0 Å². The molecule has 3 aliphatic carbocycles. The van der Waals surface area contributed by atoms with E-state index in [0.29, 0.717) is 46.9 Å². The number of alkyl halides is 1. The maximum Gasteiger partial charge on any atom is 0.312 e. The van der Waals surface area contributed by atoms with E-state index in [1.165, 1.54) is 10.9 Å². The second-order valence-corrected chi connectivity index (χ2v) is 9.59. The molecule has 2 bridgehead atoms. The number of carbonyl (C=O) groups excluding carboxylic acids is 2. The first kappa shape index (κ1) is 22.5. The summed E-state index contributed by atoms with van der Waals surface area (Å²) in [5.74, 6) is -0.739. The van der Waals surface area contributed by atoms with Gasteiger partial charge in [-0.2, -0.15) is 0 Å². The fraction of sp³-hybridized carbons (Fsp3) is 0.375. The molecule has 3 fully saturated rings. The number of halogens is 2. The van der Waals surface area contributed by atoms with Gasteiger partial charge in [-0.3, -0.25) is 19.3 Å². The molecule has 6 rings (SSSR count). The summed E-state index contributed by atoms with van der Waals surface area (Å²) in [6, 6.07) is 10.5. The summed E-state index contributed by atoms with van der Waals surface area (Å²) in [7, 11) is 1.68. The van der Waals surface area contributed by atoms with Gasteiger partial charge in [0.25, 0.3) is 5.91 Å². The van der Waals surface area contributed by atoms with E-state index in [2.05, 4.69) is 20.6 Å². The van der Waals surface area contributed by atoms with Gasteiger partial charge in [-0.15, -0.1) is 5.10 Å². The zero-order valence-electron chi connectivity index (χ0n) is 18.7. The first-order valence-electron chi connectivity index (χ1n) is 11.0. The standard InChI is InChI=1S/C24H23ClFN5O3/c1-14(16-5-3-4-6-17(16)25)34-20(32)9-19-21(29-30-31(19)2)18-8-7-15(10-27-18)22(33)28-24-11-23(26,12-24)13-24/h3-8,10,14H,9,11-13H2,1-2H3,(H,28,33)/t14-,23?,24?/m1/s1. The van der Waals surface area contributed by atoms with E-state index in [-0.39, 0.29) is 12.3 Å². The van der Waals surface area contributed by atoms with Crippen LogP contribution in [0.25, 0.3) is 11.4 Å². The monoisotopic (exact) mass is 483 g/mol. The Morgan fingerprint density at radius 1 is 1.24 bits per heavy atom. The number of nitrogens with zero attached hydrogens (tertiary/aromatic N) is 4. The Morgan fingerprint density at radius 3 is 2.62 bits per heavy atom. The molecule has 3 aliphatic rings. The maximum atomic E-state index is 13.7. The zero-order chi connectivity index (χ0) is 24.1. The number of ether oxygens (including phenoxy) is 1. The van der Waals surface area contributed by atoms with Gasteiger partial charge in [0.1, 0.15) is 17.5 Å². The third-order valence-electron chi connectivity index (χ3n) is 6.52. The Morgan fingerprint density at radius 2 is 1.97 bits per heavy atom. The van der Waals surface area contributed by atoms with Gasteiger partial charge < -0.3 is 10.1 Å². The Kier molecular flexibility index (Phi) is 5.39. The number of benzene rings is 1. The van der Waals surface area contributed by atoms with E-state index >= 15 is 0 Å². The first-order chi connectivity index (χ1) is 16.2. The smallest absolute Gasteiger partial charge is 0.312 e. The summed E-state index contributed by atoms with van der Waals surface area (Å²) >= 11 is 6.20. The van der Waals surface area contributed by atoms with Crippen molar-refractivity contribution in [2.24, 2.45) is 7.05 Å². The molecule has 2 heterocycles. The van der Waals surface area contributed by atoms with Crippen LogP contribution in [-0.4, -0.2) is 43.1 Å². The van der Waals surface area contributed by atoms with Gasteiger partial charge >= 0.3 is 5.97 Å². The van der Waals surface area contributed by atoms with Gasteiger partial charge in [0.05, 0.1) is 23.4 Å². The topological polar surface area (TPSA) is 99.0 Å². The average molecular weight is 484 g/mol. The fourth-order valence-electron chi connectivity index (χ4n) is 4.80. The van der Waals surface area contributed by atoms with E-state index in [0.717, 1.165) is 5.56 Å². The highest BCUT2D eigenvalue weighted by Crippen LogP contribution is 2.62. The zero-order valence-corrected chi connectivity index (χ0v) is 19.5. The lowest BCUT2D eigenvalue weighted by Gasteiger charge is -2.65. The molecule has 1 aromatic carbocycles. The highest BCUT2D eigenvalue weighted by Gasteiger charge is 2.69. The maximum absolute atomic E-state index is 13.7. The van der Waals surface area contributed by atoms with Gasteiger partial charge in [-0.1, -0.05) is 35.0 Å². The summed E-state index contributed by atoms with van der Waals surface area (Å²) in [5.41, 5.74) is 1.05. The molecule has 0 spiro atoms. The number of hydrogen-bond acceptors (Lipinski definition) is 6. The second kappa shape index (κ2) is 8.16. The Balaban J connectivity index is 1.26. The number of pyridine rings is 1. The number of aryl methyl sites for hydroxylation is 1. The number of rotatable bonds is 7. The molecule has 8 nitrogen and oxygen atoms in total. The SMILES string of the molecule is C[C@@H](OC(=O)Cc1c(-c2ccc(C(=O)NC34CC(F)(C3)C4)cn2)nnn1C)c1ccccc1Cl. The average Bonchev–Trinajstić information content (AvgIpc) is 3.12. The lowest BCUT2D eigenvalue weighted by atomic mass is 9.47. The number of carbonyl (C=O) groups is 2. The van der Waals surface area contributed by atoms with Crippen molar-refractivity contribution in [2.45, 2.75) is 49.9 Å². The molecule has 34 heavy (non-hydrogen) atoms. The van der Waals surface area contributed by atoms with Gasteiger partial charge in [0.15, 0.2) is 0 Å². The van der Waals surface area contributed by atoms with Gasteiger partial charge in [0.2, 0.25) is 0 Å². The van der Waals surface area contributed by atoms with Crippen molar-refractivity contribution in [3.8, 4) is 11.4 Å². The molecule has 0 radical (unpaired) electrons. The first-order valence-corrected chi connectivity index (χ1v) is 11.4. The second-order valence-electron chi connectivity index (χ2n) is 9.19. The highest BCUT2D eigenvalue weighted by molar-refractivity contribution is 6.31. The van der Waals surface area contributed by atoms with Crippen LogP contribution in [0.1, 0.15) is 53.9 Å². The number of aromatic nitrogens is 4. The number of hydrogen-bond donors (Lipinski definition) is 1. The minimum absolute atomic E-state index is 0.0644. The van der Waals surface area contributed by atoms with Crippen LogP contribution < -0.4 is 5.32 Å². The summed E-state index contributed by atoms with van der Waals surface area (Å²) in [6.07, 6.45) is 2.00. The molecular formula is C24H23ClFN5O3. The molecule has 176 valence electrons. The Labute approximate surface area is 200 Å². The van der Waals surface area contributed by atoms with Crippen LogP contribution in [0.2, 0.25) is 5.02 Å². The highest BCUT2D eigenvalue weighted by atomic mass is 35.5. The van der Waals surface area contributed by atoms with Gasteiger partial charge in [-0.25, -0.2) is 4.39 Å². The third-order valence-corrected chi connectivity index (χ3v) is 6.86. The largest absolute Gasteiger partial charge is 0.457 e. The molecule has 1 atom stereocenters. The van der Waals surface area contributed by atoms with Crippen molar-refractivity contribution in [1.82, 2.24) is 25.3 Å². The Bertz CT molecular complexity index is 1260. The predicted octanol–water partition coefficient (Wildman–Crippen LogP) is 3.75. The van der Waals surface area contributed by atoms with Crippen LogP contribution in [-0.2, 0) is 23.0 Å². The molecule has 0 unspecified atom stereocenters. The van der Waals surface area contributed by atoms with E-state index in [1.54, 1.807) is 32.2 Å². The van der Waals surface area contributed by atoms with E-state index in [1.807, 2.05) is 18.2 Å². The van der Waals surface area contributed by atoms with Crippen LogP contribution in [0.3, 0.4) is 0 Å². The van der Waals surface area contributed by atoms with E-state index < -0.39 is 23.3 Å². The van der Waals surface area contributed by atoms with Crippen LogP contribution in [0.4, 0.5) is 4.39 Å². The van der Waals surface area contributed by atoms with Crippen LogP contribution in [0.15, 0.2) is 42.6 Å². The van der Waals surface area contributed by atoms with Crippen molar-refractivity contribution in [3.63, 3.8) is 0 Å². The molecule has 1 N–H and O–H groups in total. The molecular weight excluding hydrogens is 461 g/mol. The lowest BCUT2D eigenvalue weighted by Crippen LogP contribution is -2.76. The van der Waals surface area contributed by atoms with Crippen LogP contribution in [0, 0.1) is 0 Å². The van der Waals surface area contributed by atoms with Gasteiger partial charge in [-0.05, 0) is 25.1 Å². The van der Waals surface area contributed by atoms with E-state index in [4.69, 9.17) is 16.3 Å². The Hall–Kier alpha value is -3.33. The summed E-state index contributed by atoms with van der Waals surface area (Å²) in [5, 5.41) is 11.6. The molecule has 1 amide bonds. The molecule has 10 heteroatoms. The molecule has 0 saturated heterocycles. The number of amides is 1. The van der Waals surface area contributed by atoms with Crippen molar-refractivity contribution < 1.29 is 18.7 Å². The third kappa shape index (κ3) is 4.04. The molecule has 0 aliphatic heterocycles. The quantitative estimate of drug-likeness (QED) is 0.514.